The van der Waals surface area contributed by atoms with Crippen LogP contribution in [-0.2, 0) is 10.8 Å². The Morgan fingerprint density at radius 1 is 0.833 bits per heavy atom. The minimum atomic E-state index is 0.163. The number of hydrogen-bond acceptors (Lipinski definition) is 1. The Morgan fingerprint density at radius 2 is 1.38 bits per heavy atom. The zero-order valence-electron chi connectivity index (χ0n) is 16.4. The van der Waals surface area contributed by atoms with E-state index in [-0.39, 0.29) is 10.8 Å². The molecule has 1 aliphatic heterocycles. The summed E-state index contributed by atoms with van der Waals surface area (Å²) in [6.07, 6.45) is 4.70. The minimum absolute atomic E-state index is 0.163. The standard InChI is InChI=1S/C23H30S/c1-14-9-19-20(10-14)24-15(2)21(19)16-11-17(22(3,4)5)13-18(12-16)23(6,7)8/h9-13,15H,1-8H3. The molecule has 0 radical (unpaired) electrons. The quantitative estimate of drug-likeness (QED) is 0.530. The first kappa shape index (κ1) is 17.6. The average Bonchev–Trinajstić information content (AvgIpc) is 2.90. The molecule has 0 saturated carbocycles. The van der Waals surface area contributed by atoms with Gasteiger partial charge in [-0.2, -0.15) is 0 Å². The summed E-state index contributed by atoms with van der Waals surface area (Å²) < 4.78 is 0. The molecule has 0 fully saturated rings. The molecule has 2 aliphatic rings. The fourth-order valence-corrected chi connectivity index (χ4v) is 4.75. The molecular formula is C23H30S. The second-order valence-corrected chi connectivity index (χ2v) is 10.7. The second-order valence-electron chi connectivity index (χ2n) is 9.28. The predicted molar refractivity (Wildman–Crippen MR) is 110 cm³/mol. The van der Waals surface area contributed by atoms with E-state index < -0.39 is 0 Å². The Bertz CT molecular complexity index is 741. The number of fused-ring (bicyclic) bond motifs is 1. The Labute approximate surface area is 152 Å². The lowest BCUT2D eigenvalue weighted by Gasteiger charge is -2.27. The van der Waals surface area contributed by atoms with Crippen molar-refractivity contribution in [2.75, 3.05) is 0 Å². The summed E-state index contributed by atoms with van der Waals surface area (Å²) in [7, 11) is 0. The van der Waals surface area contributed by atoms with E-state index in [0.29, 0.717) is 5.25 Å². The van der Waals surface area contributed by atoms with Crippen LogP contribution in [0.15, 0.2) is 46.4 Å². The van der Waals surface area contributed by atoms with E-state index in [2.05, 4.69) is 85.7 Å². The molecular weight excluding hydrogens is 308 g/mol. The molecule has 1 heteroatoms. The van der Waals surface area contributed by atoms with Gasteiger partial charge in [-0.25, -0.2) is 0 Å². The Kier molecular flexibility index (Phi) is 4.15. The third kappa shape index (κ3) is 3.16. The maximum atomic E-state index is 2.43. The van der Waals surface area contributed by atoms with Gasteiger partial charge < -0.3 is 0 Å². The molecule has 3 rings (SSSR count). The molecule has 24 heavy (non-hydrogen) atoms. The van der Waals surface area contributed by atoms with Gasteiger partial charge in [0.1, 0.15) is 0 Å². The van der Waals surface area contributed by atoms with Gasteiger partial charge in [0.2, 0.25) is 0 Å². The van der Waals surface area contributed by atoms with Crippen LogP contribution in [0, 0.1) is 0 Å². The van der Waals surface area contributed by atoms with Gasteiger partial charge in [-0.1, -0.05) is 65.8 Å². The van der Waals surface area contributed by atoms with Crippen LogP contribution in [-0.4, -0.2) is 5.25 Å². The molecule has 0 bridgehead atoms. The van der Waals surface area contributed by atoms with Crippen molar-refractivity contribution in [3.8, 4) is 0 Å². The highest BCUT2D eigenvalue weighted by molar-refractivity contribution is 8.04. The van der Waals surface area contributed by atoms with Crippen LogP contribution in [0.5, 0.6) is 0 Å². The van der Waals surface area contributed by atoms with Crippen molar-refractivity contribution >= 4 is 17.3 Å². The van der Waals surface area contributed by atoms with E-state index in [1.165, 1.54) is 38.3 Å². The lowest BCUT2D eigenvalue weighted by Crippen LogP contribution is -2.17. The molecule has 0 spiro atoms. The van der Waals surface area contributed by atoms with Crippen molar-refractivity contribution in [3.63, 3.8) is 0 Å². The van der Waals surface area contributed by atoms with Crippen LogP contribution in [0.1, 0.15) is 72.1 Å². The fourth-order valence-electron chi connectivity index (χ4n) is 3.44. The third-order valence-corrected chi connectivity index (χ3v) is 6.15. The van der Waals surface area contributed by atoms with Gasteiger partial charge in [0.05, 0.1) is 0 Å². The molecule has 0 amide bonds. The van der Waals surface area contributed by atoms with E-state index in [9.17, 15) is 0 Å². The van der Waals surface area contributed by atoms with Gasteiger partial charge in [0, 0.05) is 10.2 Å². The normalized spacial score (nSPS) is 21.1. The molecule has 1 unspecified atom stereocenters. The largest absolute Gasteiger partial charge is 0.118 e. The Hall–Kier alpha value is -1.21. The summed E-state index contributed by atoms with van der Waals surface area (Å²) in [4.78, 5) is 1.45. The monoisotopic (exact) mass is 338 g/mol. The molecule has 0 saturated heterocycles. The first-order chi connectivity index (χ1) is 11.0. The molecule has 0 N–H and O–H groups in total. The van der Waals surface area contributed by atoms with E-state index in [4.69, 9.17) is 0 Å². The maximum absolute atomic E-state index is 2.43. The third-order valence-electron chi connectivity index (χ3n) is 4.97. The average molecular weight is 339 g/mol. The SMILES string of the molecule is CC1=CC2=C(c3cc(C(C)(C)C)cc(C(C)(C)C)c3)C(C)SC2=C1. The van der Waals surface area contributed by atoms with Crippen molar-refractivity contribution in [1.29, 1.82) is 0 Å². The number of thioether (sulfide) groups is 1. The first-order valence-electron chi connectivity index (χ1n) is 8.94. The molecule has 1 atom stereocenters. The van der Waals surface area contributed by atoms with Gasteiger partial charge in [0.15, 0.2) is 0 Å². The summed E-state index contributed by atoms with van der Waals surface area (Å²) in [6.45, 7) is 18.4. The van der Waals surface area contributed by atoms with Crippen molar-refractivity contribution in [1.82, 2.24) is 0 Å². The van der Waals surface area contributed by atoms with Crippen LogP contribution < -0.4 is 0 Å². The van der Waals surface area contributed by atoms with Gasteiger partial charge >= 0.3 is 0 Å². The topological polar surface area (TPSA) is 0 Å². The highest BCUT2D eigenvalue weighted by atomic mass is 32.2. The van der Waals surface area contributed by atoms with Crippen LogP contribution in [0.3, 0.4) is 0 Å². The van der Waals surface area contributed by atoms with Gasteiger partial charge in [-0.3, -0.25) is 0 Å². The first-order valence-corrected chi connectivity index (χ1v) is 9.82. The molecule has 1 aromatic carbocycles. The minimum Gasteiger partial charge on any atom is -0.118 e. The van der Waals surface area contributed by atoms with Crippen LogP contribution in [0.4, 0.5) is 0 Å². The molecule has 1 heterocycles. The summed E-state index contributed by atoms with van der Waals surface area (Å²) in [5.41, 5.74) is 8.96. The number of benzene rings is 1. The van der Waals surface area contributed by atoms with E-state index in [1.54, 1.807) is 0 Å². The van der Waals surface area contributed by atoms with Crippen LogP contribution >= 0.6 is 11.8 Å². The molecule has 1 aromatic rings. The Morgan fingerprint density at radius 3 is 1.88 bits per heavy atom. The van der Waals surface area contributed by atoms with Crippen molar-refractivity contribution < 1.29 is 0 Å². The van der Waals surface area contributed by atoms with Gasteiger partial charge in [0.25, 0.3) is 0 Å². The van der Waals surface area contributed by atoms with Crippen molar-refractivity contribution in [2.24, 2.45) is 0 Å². The fraction of sp³-hybridized carbons (Fsp3) is 0.478. The van der Waals surface area contributed by atoms with Crippen LogP contribution in [0.2, 0.25) is 0 Å². The number of allylic oxidation sites excluding steroid dienone is 4. The number of hydrogen-bond donors (Lipinski definition) is 0. The van der Waals surface area contributed by atoms with Crippen molar-refractivity contribution in [2.45, 2.75) is 71.5 Å². The smallest absolute Gasteiger partial charge is 0.0328 e. The second kappa shape index (κ2) is 5.66. The van der Waals surface area contributed by atoms with E-state index >= 15 is 0 Å². The zero-order chi connectivity index (χ0) is 17.9. The molecule has 0 nitrogen and oxygen atoms in total. The summed E-state index contributed by atoms with van der Waals surface area (Å²) in [5.74, 6) is 0. The van der Waals surface area contributed by atoms with Crippen molar-refractivity contribution in [3.05, 3.63) is 63.1 Å². The van der Waals surface area contributed by atoms with E-state index in [1.807, 2.05) is 11.8 Å². The maximum Gasteiger partial charge on any atom is 0.0328 e. The predicted octanol–water partition coefficient (Wildman–Crippen LogP) is 7.01. The summed E-state index contributed by atoms with van der Waals surface area (Å²) in [5, 5.41) is 0.527. The lowest BCUT2D eigenvalue weighted by molar-refractivity contribution is 0.568. The lowest BCUT2D eigenvalue weighted by atomic mass is 9.78. The molecule has 0 aromatic heterocycles. The van der Waals surface area contributed by atoms with E-state index in [0.717, 1.165) is 0 Å². The Balaban J connectivity index is 2.23. The number of rotatable bonds is 1. The highest BCUT2D eigenvalue weighted by Gasteiger charge is 2.31. The molecule has 1 aliphatic carbocycles. The zero-order valence-corrected chi connectivity index (χ0v) is 17.2. The summed E-state index contributed by atoms with van der Waals surface area (Å²) in [6, 6.07) is 7.27. The summed E-state index contributed by atoms with van der Waals surface area (Å²) >= 11 is 2.00. The van der Waals surface area contributed by atoms with Crippen LogP contribution in [0.25, 0.3) is 5.57 Å². The highest BCUT2D eigenvalue weighted by Crippen LogP contribution is 2.50. The molecule has 128 valence electrons. The van der Waals surface area contributed by atoms with Gasteiger partial charge in [-0.05, 0) is 64.2 Å². The van der Waals surface area contributed by atoms with Gasteiger partial charge in [-0.15, -0.1) is 11.8 Å².